The summed E-state index contributed by atoms with van der Waals surface area (Å²) >= 11 is 1.61. The highest BCUT2D eigenvalue weighted by Crippen LogP contribution is 2.42. The standard InChI is InChI=1S/C30H33N7OS/c1-29(2,3)21-15-10-11-17-23(21)38-27-22(16-12-18-31-27)32-28-33-26(25(39-28)20-13-8-7-9-14-20)30(4,5)19-24-34-36-37(6)35-24/h7-18H,19H2,1-6H3,(H,32,33). The number of para-hydroxylation sites is 1. The van der Waals surface area contributed by atoms with Crippen LogP contribution in [-0.2, 0) is 24.3 Å². The van der Waals surface area contributed by atoms with Crippen molar-refractivity contribution in [3.8, 4) is 22.1 Å². The minimum Gasteiger partial charge on any atom is -0.437 e. The molecule has 0 aliphatic rings. The Morgan fingerprint density at radius 3 is 2.38 bits per heavy atom. The summed E-state index contributed by atoms with van der Waals surface area (Å²) in [5.41, 5.74) is 3.53. The lowest BCUT2D eigenvalue weighted by Crippen LogP contribution is -2.23. The summed E-state index contributed by atoms with van der Waals surface area (Å²) in [5, 5.41) is 16.9. The van der Waals surface area contributed by atoms with Gasteiger partial charge in [0.25, 0.3) is 0 Å². The van der Waals surface area contributed by atoms with Crippen molar-refractivity contribution < 1.29 is 4.74 Å². The van der Waals surface area contributed by atoms with Gasteiger partial charge in [-0.3, -0.25) is 0 Å². The number of nitrogens with one attached hydrogen (secondary N) is 1. The van der Waals surface area contributed by atoms with Gasteiger partial charge in [-0.1, -0.05) is 94.5 Å². The molecule has 0 saturated carbocycles. The zero-order valence-electron chi connectivity index (χ0n) is 23.1. The van der Waals surface area contributed by atoms with E-state index in [2.05, 4.69) is 78.5 Å². The Morgan fingerprint density at radius 2 is 1.67 bits per heavy atom. The summed E-state index contributed by atoms with van der Waals surface area (Å²) in [6.07, 6.45) is 2.34. The molecule has 0 unspecified atom stereocenters. The fourth-order valence-electron chi connectivity index (χ4n) is 4.45. The molecule has 0 bridgehead atoms. The third-order valence-corrected chi connectivity index (χ3v) is 7.39. The summed E-state index contributed by atoms with van der Waals surface area (Å²) in [7, 11) is 1.78. The molecule has 0 amide bonds. The molecule has 200 valence electrons. The molecular weight excluding hydrogens is 506 g/mol. The zero-order valence-corrected chi connectivity index (χ0v) is 24.0. The molecule has 3 aromatic heterocycles. The molecule has 0 aliphatic carbocycles. The van der Waals surface area contributed by atoms with Crippen molar-refractivity contribution in [2.75, 3.05) is 5.32 Å². The molecule has 3 heterocycles. The Morgan fingerprint density at radius 1 is 0.923 bits per heavy atom. The number of tetrazole rings is 1. The first kappa shape index (κ1) is 26.5. The SMILES string of the molecule is Cn1nnc(CC(C)(C)c2nc(Nc3cccnc3Oc3ccccc3C(C)(C)C)sc2-c2ccccc2)n1. The van der Waals surface area contributed by atoms with E-state index in [1.54, 1.807) is 24.6 Å². The normalized spacial score (nSPS) is 11.9. The molecule has 1 N–H and O–H groups in total. The molecule has 0 spiro atoms. The van der Waals surface area contributed by atoms with Gasteiger partial charge >= 0.3 is 0 Å². The second kappa shape index (κ2) is 10.6. The van der Waals surface area contributed by atoms with Gasteiger partial charge < -0.3 is 10.1 Å². The Bertz CT molecular complexity index is 1570. The van der Waals surface area contributed by atoms with Gasteiger partial charge in [0.15, 0.2) is 11.0 Å². The van der Waals surface area contributed by atoms with E-state index in [0.29, 0.717) is 18.1 Å². The van der Waals surface area contributed by atoms with Gasteiger partial charge in [-0.15, -0.1) is 10.2 Å². The number of aryl methyl sites for hydroxylation is 1. The van der Waals surface area contributed by atoms with Gasteiger partial charge in [0, 0.05) is 23.6 Å². The maximum absolute atomic E-state index is 6.39. The highest BCUT2D eigenvalue weighted by molar-refractivity contribution is 7.19. The van der Waals surface area contributed by atoms with Crippen LogP contribution < -0.4 is 10.1 Å². The quantitative estimate of drug-likeness (QED) is 0.225. The predicted octanol–water partition coefficient (Wildman–Crippen LogP) is 7.08. The van der Waals surface area contributed by atoms with Crippen LogP contribution in [0.2, 0.25) is 0 Å². The molecule has 0 radical (unpaired) electrons. The summed E-state index contributed by atoms with van der Waals surface area (Å²) in [6.45, 7) is 10.8. The fraction of sp³-hybridized carbons (Fsp3) is 0.300. The van der Waals surface area contributed by atoms with Crippen LogP contribution in [0.15, 0.2) is 72.9 Å². The molecule has 5 rings (SSSR count). The number of pyridine rings is 1. The molecule has 0 saturated heterocycles. The number of anilines is 2. The molecule has 2 aromatic carbocycles. The predicted molar refractivity (Wildman–Crippen MR) is 156 cm³/mol. The first-order chi connectivity index (χ1) is 18.6. The minimum atomic E-state index is -0.343. The number of hydrogen-bond acceptors (Lipinski definition) is 8. The Labute approximate surface area is 233 Å². The number of rotatable bonds is 8. The zero-order chi connectivity index (χ0) is 27.6. The highest BCUT2D eigenvalue weighted by atomic mass is 32.1. The molecule has 39 heavy (non-hydrogen) atoms. The van der Waals surface area contributed by atoms with E-state index in [1.165, 1.54) is 4.80 Å². The van der Waals surface area contributed by atoms with E-state index >= 15 is 0 Å². The van der Waals surface area contributed by atoms with E-state index in [0.717, 1.165) is 38.3 Å². The van der Waals surface area contributed by atoms with Crippen LogP contribution in [0.25, 0.3) is 10.4 Å². The third-order valence-electron chi connectivity index (χ3n) is 6.37. The first-order valence-electron chi connectivity index (χ1n) is 12.9. The van der Waals surface area contributed by atoms with Gasteiger partial charge in [0.2, 0.25) is 5.88 Å². The van der Waals surface area contributed by atoms with Crippen LogP contribution in [0.4, 0.5) is 10.8 Å². The van der Waals surface area contributed by atoms with Crippen molar-refractivity contribution in [1.29, 1.82) is 0 Å². The number of hydrogen-bond donors (Lipinski definition) is 1. The lowest BCUT2D eigenvalue weighted by atomic mass is 9.83. The summed E-state index contributed by atoms with van der Waals surface area (Å²) in [4.78, 5) is 12.2. The van der Waals surface area contributed by atoms with Crippen molar-refractivity contribution >= 4 is 22.2 Å². The third kappa shape index (κ3) is 5.98. The smallest absolute Gasteiger partial charge is 0.243 e. The summed E-state index contributed by atoms with van der Waals surface area (Å²) in [5.74, 6) is 1.97. The van der Waals surface area contributed by atoms with Crippen molar-refractivity contribution in [3.63, 3.8) is 0 Å². The van der Waals surface area contributed by atoms with Gasteiger partial charge in [0.1, 0.15) is 11.4 Å². The second-order valence-corrected chi connectivity index (χ2v) is 12.1. The first-order valence-corrected chi connectivity index (χ1v) is 13.7. The van der Waals surface area contributed by atoms with Crippen LogP contribution in [0, 0.1) is 0 Å². The molecule has 5 aromatic rings. The average Bonchev–Trinajstić information content (AvgIpc) is 3.51. The van der Waals surface area contributed by atoms with Crippen LogP contribution >= 0.6 is 11.3 Å². The van der Waals surface area contributed by atoms with E-state index in [-0.39, 0.29) is 10.8 Å². The number of ether oxygens (including phenoxy) is 1. The highest BCUT2D eigenvalue weighted by Gasteiger charge is 2.31. The Kier molecular flexibility index (Phi) is 7.18. The van der Waals surface area contributed by atoms with Crippen LogP contribution in [0.1, 0.15) is 51.7 Å². The largest absolute Gasteiger partial charge is 0.437 e. The van der Waals surface area contributed by atoms with Crippen LogP contribution in [0.5, 0.6) is 11.6 Å². The van der Waals surface area contributed by atoms with E-state index in [9.17, 15) is 0 Å². The lowest BCUT2D eigenvalue weighted by molar-refractivity contribution is 0.442. The Hall–Kier alpha value is -4.11. The lowest BCUT2D eigenvalue weighted by Gasteiger charge is -2.23. The number of nitrogens with zero attached hydrogens (tertiary/aromatic N) is 6. The molecule has 8 nitrogen and oxygen atoms in total. The molecule has 0 atom stereocenters. The monoisotopic (exact) mass is 539 g/mol. The fourth-order valence-corrected chi connectivity index (χ4v) is 5.62. The van der Waals surface area contributed by atoms with Crippen molar-refractivity contribution in [1.82, 2.24) is 30.2 Å². The van der Waals surface area contributed by atoms with Crippen molar-refractivity contribution in [2.45, 2.75) is 51.9 Å². The molecule has 0 aliphatic heterocycles. The van der Waals surface area contributed by atoms with Crippen LogP contribution in [-0.4, -0.2) is 30.2 Å². The summed E-state index contributed by atoms with van der Waals surface area (Å²) in [6, 6.07) is 22.3. The van der Waals surface area contributed by atoms with Crippen molar-refractivity contribution in [2.24, 2.45) is 7.05 Å². The minimum absolute atomic E-state index is 0.0721. The van der Waals surface area contributed by atoms with Gasteiger partial charge in [-0.25, -0.2) is 9.97 Å². The average molecular weight is 540 g/mol. The number of benzene rings is 2. The van der Waals surface area contributed by atoms with E-state index in [4.69, 9.17) is 9.72 Å². The molecule has 0 fully saturated rings. The maximum Gasteiger partial charge on any atom is 0.243 e. The maximum atomic E-state index is 6.39. The van der Waals surface area contributed by atoms with Gasteiger partial charge in [-0.2, -0.15) is 4.80 Å². The van der Waals surface area contributed by atoms with E-state index < -0.39 is 0 Å². The van der Waals surface area contributed by atoms with E-state index in [1.807, 2.05) is 48.5 Å². The van der Waals surface area contributed by atoms with Gasteiger partial charge in [-0.05, 0) is 34.4 Å². The second-order valence-electron chi connectivity index (χ2n) is 11.1. The number of aromatic nitrogens is 6. The number of thiazole rings is 1. The molecule has 9 heteroatoms. The van der Waals surface area contributed by atoms with Crippen molar-refractivity contribution in [3.05, 3.63) is 90.0 Å². The van der Waals surface area contributed by atoms with Gasteiger partial charge in [0.05, 0.1) is 17.6 Å². The Balaban J connectivity index is 1.50. The van der Waals surface area contributed by atoms with Crippen LogP contribution in [0.3, 0.4) is 0 Å². The molecular formula is C30H33N7OS. The topological polar surface area (TPSA) is 90.6 Å². The summed E-state index contributed by atoms with van der Waals surface area (Å²) < 4.78 is 6.39.